The smallest absolute Gasteiger partial charge is 0.352 e. The second-order valence-electron chi connectivity index (χ2n) is 7.19. The molecule has 1 aromatic carbocycles. The Kier molecular flexibility index (Phi) is 6.45. The lowest BCUT2D eigenvalue weighted by molar-refractivity contribution is -0.116. The highest BCUT2D eigenvalue weighted by Gasteiger charge is 2.38. The number of carbonyl (C=O) groups excluding carboxylic acids is 1. The van der Waals surface area contributed by atoms with E-state index in [0.717, 1.165) is 30.7 Å². The first-order chi connectivity index (χ1) is 13.7. The average molecular weight is 423 g/mol. The molecule has 4 rings (SSSR count). The molecule has 1 aromatic rings. The molecule has 0 saturated heterocycles. The fourth-order valence-electron chi connectivity index (χ4n) is 3.99. The fourth-order valence-corrected chi connectivity index (χ4v) is 3.99. The monoisotopic (exact) mass is 423 g/mol. The summed E-state index contributed by atoms with van der Waals surface area (Å²) in [5.74, 6) is -0.299. The summed E-state index contributed by atoms with van der Waals surface area (Å²) in [4.78, 5) is 37.5. The van der Waals surface area contributed by atoms with Crippen molar-refractivity contribution >= 4 is 19.7 Å². The molecule has 10 heteroatoms. The van der Waals surface area contributed by atoms with Crippen LogP contribution in [0.4, 0.5) is 4.39 Å². The van der Waals surface area contributed by atoms with E-state index in [9.17, 15) is 9.18 Å². The molecule has 29 heavy (non-hydrogen) atoms. The predicted octanol–water partition coefficient (Wildman–Crippen LogP) is 1.66. The summed E-state index contributed by atoms with van der Waals surface area (Å²) in [5, 5.41) is 6.01. The molecule has 156 valence electrons. The van der Waals surface area contributed by atoms with E-state index in [1.54, 1.807) is 0 Å². The van der Waals surface area contributed by atoms with E-state index in [-0.39, 0.29) is 11.8 Å². The topological polar surface area (TPSA) is 131 Å². The van der Waals surface area contributed by atoms with Crippen LogP contribution in [0.3, 0.4) is 0 Å². The molecule has 3 aliphatic rings. The Balaban J connectivity index is 0.000000431. The fraction of sp³-hybridized carbons (Fsp3) is 0.368. The van der Waals surface area contributed by atoms with Crippen molar-refractivity contribution in [2.24, 2.45) is 10.9 Å². The molecule has 1 aliphatic carbocycles. The van der Waals surface area contributed by atoms with Crippen LogP contribution in [0.15, 0.2) is 52.2 Å². The number of halogens is 1. The maximum absolute atomic E-state index is 14.2. The van der Waals surface area contributed by atoms with E-state index in [0.29, 0.717) is 18.0 Å². The highest BCUT2D eigenvalue weighted by Crippen LogP contribution is 2.46. The lowest BCUT2D eigenvalue weighted by Gasteiger charge is -2.30. The van der Waals surface area contributed by atoms with Crippen LogP contribution in [-0.2, 0) is 15.9 Å². The maximum Gasteiger partial charge on any atom is 0.466 e. The zero-order valence-electron chi connectivity index (χ0n) is 15.8. The van der Waals surface area contributed by atoms with Crippen molar-refractivity contribution in [3.8, 4) is 0 Å². The van der Waals surface area contributed by atoms with Crippen molar-refractivity contribution in [2.45, 2.75) is 25.3 Å². The molecule has 1 amide bonds. The molecule has 0 bridgehead atoms. The normalized spacial score (nSPS) is 23.3. The highest BCUT2D eigenvalue weighted by molar-refractivity contribution is 7.45. The number of amides is 1. The van der Waals surface area contributed by atoms with Crippen LogP contribution in [0.2, 0.25) is 0 Å². The molecule has 0 radical (unpaired) electrons. The van der Waals surface area contributed by atoms with E-state index >= 15 is 0 Å². The summed E-state index contributed by atoms with van der Waals surface area (Å²) in [6.45, 7) is 1.40. The van der Waals surface area contributed by atoms with E-state index in [1.165, 1.54) is 17.2 Å². The molecule has 5 N–H and O–H groups in total. The quantitative estimate of drug-likeness (QED) is 0.470. The van der Waals surface area contributed by atoms with Crippen LogP contribution < -0.4 is 10.6 Å². The van der Waals surface area contributed by atoms with Gasteiger partial charge in [0.2, 0.25) is 11.9 Å². The van der Waals surface area contributed by atoms with Gasteiger partial charge in [0.15, 0.2) is 0 Å². The third-order valence-corrected chi connectivity index (χ3v) is 5.10. The summed E-state index contributed by atoms with van der Waals surface area (Å²) in [6, 6.07) is 8.58. The van der Waals surface area contributed by atoms with Crippen molar-refractivity contribution in [3.05, 3.63) is 58.3 Å². The molecule has 0 saturated carbocycles. The third-order valence-electron chi connectivity index (χ3n) is 5.10. The van der Waals surface area contributed by atoms with Gasteiger partial charge in [0.25, 0.3) is 0 Å². The molecule has 2 aliphatic heterocycles. The number of carbonyl (C=O) groups is 1. The number of allylic oxidation sites excluding steroid dienone is 2. The molecular formula is C19H23FN3O5P. The predicted molar refractivity (Wildman–Crippen MR) is 106 cm³/mol. The Bertz CT molecular complexity index is 927. The Morgan fingerprint density at radius 3 is 2.52 bits per heavy atom. The van der Waals surface area contributed by atoms with Crippen molar-refractivity contribution in [1.82, 2.24) is 10.6 Å². The first-order valence-electron chi connectivity index (χ1n) is 9.15. The average Bonchev–Trinajstić information content (AvgIpc) is 2.83. The van der Waals surface area contributed by atoms with Gasteiger partial charge in [-0.15, -0.1) is 0 Å². The van der Waals surface area contributed by atoms with Crippen LogP contribution in [0, 0.1) is 5.92 Å². The molecule has 8 nitrogen and oxygen atoms in total. The van der Waals surface area contributed by atoms with Gasteiger partial charge >= 0.3 is 7.82 Å². The van der Waals surface area contributed by atoms with Gasteiger partial charge in [0, 0.05) is 36.4 Å². The van der Waals surface area contributed by atoms with Crippen molar-refractivity contribution < 1.29 is 28.4 Å². The van der Waals surface area contributed by atoms with Crippen molar-refractivity contribution in [2.75, 3.05) is 13.6 Å². The summed E-state index contributed by atoms with van der Waals surface area (Å²) in [5.41, 5.74) is 4.65. The Morgan fingerprint density at radius 1 is 1.24 bits per heavy atom. The van der Waals surface area contributed by atoms with Gasteiger partial charge in [-0.25, -0.2) is 9.56 Å². The second kappa shape index (κ2) is 8.69. The number of aliphatic imine (C=N–C) groups is 1. The van der Waals surface area contributed by atoms with Gasteiger partial charge in [-0.1, -0.05) is 24.3 Å². The minimum atomic E-state index is -4.64. The SMILES string of the molecule is CNCc1ccc(C2CC3=C4C(=CC(=O)NCC4C2)C(F)=N3)cc1.O=P(O)(O)O. The second-order valence-corrected chi connectivity index (χ2v) is 8.21. The number of phosphoric acid groups is 1. The summed E-state index contributed by atoms with van der Waals surface area (Å²) in [6.07, 6.45) is 2.99. The van der Waals surface area contributed by atoms with Gasteiger partial charge in [-0.2, -0.15) is 4.39 Å². The number of rotatable bonds is 3. The van der Waals surface area contributed by atoms with Crippen molar-refractivity contribution in [3.63, 3.8) is 0 Å². The van der Waals surface area contributed by atoms with Gasteiger partial charge in [-0.3, -0.25) is 4.79 Å². The van der Waals surface area contributed by atoms with Crippen LogP contribution in [0.25, 0.3) is 0 Å². The Labute approximate surface area is 167 Å². The number of hydrogen-bond donors (Lipinski definition) is 5. The van der Waals surface area contributed by atoms with E-state index in [1.807, 2.05) is 7.05 Å². The lowest BCUT2D eigenvalue weighted by atomic mass is 9.75. The highest BCUT2D eigenvalue weighted by atomic mass is 31.2. The van der Waals surface area contributed by atoms with E-state index in [2.05, 4.69) is 39.9 Å². The largest absolute Gasteiger partial charge is 0.466 e. The molecule has 2 heterocycles. The molecule has 0 aromatic heterocycles. The number of nitrogens with zero attached hydrogens (tertiary/aromatic N) is 1. The van der Waals surface area contributed by atoms with Crippen LogP contribution in [0.5, 0.6) is 0 Å². The Morgan fingerprint density at radius 2 is 1.90 bits per heavy atom. The molecule has 2 atom stereocenters. The lowest BCUT2D eigenvalue weighted by Crippen LogP contribution is -2.29. The summed E-state index contributed by atoms with van der Waals surface area (Å²) in [7, 11) is -2.71. The maximum atomic E-state index is 14.2. The molecule has 2 unspecified atom stereocenters. The first-order valence-corrected chi connectivity index (χ1v) is 10.7. The Hall–Kier alpha value is -2.16. The van der Waals surface area contributed by atoms with E-state index < -0.39 is 13.8 Å². The zero-order chi connectivity index (χ0) is 21.2. The number of hydrogen-bond acceptors (Lipinski definition) is 4. The summed E-state index contributed by atoms with van der Waals surface area (Å²) < 4.78 is 23.1. The summed E-state index contributed by atoms with van der Waals surface area (Å²) >= 11 is 0. The van der Waals surface area contributed by atoms with E-state index in [4.69, 9.17) is 19.2 Å². The number of benzene rings is 1. The minimum absolute atomic E-state index is 0.130. The van der Waals surface area contributed by atoms with Gasteiger partial charge in [0.1, 0.15) is 0 Å². The van der Waals surface area contributed by atoms with Crippen LogP contribution in [-0.4, -0.2) is 40.1 Å². The molecule has 0 fully saturated rings. The first kappa shape index (κ1) is 21.5. The van der Waals surface area contributed by atoms with Crippen LogP contribution >= 0.6 is 7.82 Å². The van der Waals surface area contributed by atoms with Gasteiger partial charge in [0.05, 0.1) is 0 Å². The molecule has 0 spiro atoms. The minimum Gasteiger partial charge on any atom is -0.352 e. The van der Waals surface area contributed by atoms with Gasteiger partial charge < -0.3 is 25.3 Å². The zero-order valence-corrected chi connectivity index (χ0v) is 16.7. The number of nitrogens with one attached hydrogen (secondary N) is 2. The third kappa shape index (κ3) is 5.46. The van der Waals surface area contributed by atoms with Gasteiger partial charge in [-0.05, 0) is 42.5 Å². The van der Waals surface area contributed by atoms with Crippen molar-refractivity contribution in [1.29, 1.82) is 0 Å². The molecular weight excluding hydrogens is 400 g/mol. The standard InChI is InChI=1S/C19H20FN3O.H3O4P/c1-21-9-11-2-4-12(5-3-11)13-6-14-10-22-17(24)8-15-18(14)16(7-13)23-19(15)20;1-5(2,3)4/h2-5,8,13-14,21H,6-7,9-10H2,1H3,(H,22,24);(H3,1,2,3,4). The van der Waals surface area contributed by atoms with Crippen LogP contribution in [0.1, 0.15) is 29.9 Å².